The van der Waals surface area contributed by atoms with Crippen molar-refractivity contribution >= 4 is 28.5 Å². The second-order valence-electron chi connectivity index (χ2n) is 9.19. The van der Waals surface area contributed by atoms with Gasteiger partial charge >= 0.3 is 5.69 Å². The Morgan fingerprint density at radius 2 is 1.72 bits per heavy atom. The summed E-state index contributed by atoms with van der Waals surface area (Å²) in [4.78, 5) is 52.2. The average Bonchev–Trinajstić information content (AvgIpc) is 3.17. The van der Waals surface area contributed by atoms with E-state index in [-0.39, 0.29) is 59.2 Å². The van der Waals surface area contributed by atoms with Crippen molar-refractivity contribution in [1.29, 1.82) is 0 Å². The van der Waals surface area contributed by atoms with Crippen LogP contribution in [0.4, 0.5) is 0 Å². The third kappa shape index (κ3) is 4.93. The Labute approximate surface area is 207 Å². The summed E-state index contributed by atoms with van der Waals surface area (Å²) in [7, 11) is 0. The van der Waals surface area contributed by atoms with Gasteiger partial charge in [0.25, 0.3) is 11.5 Å². The Morgan fingerprint density at radius 3 is 2.39 bits per heavy atom. The van der Waals surface area contributed by atoms with Gasteiger partial charge in [0.15, 0.2) is 0 Å². The molecule has 4 aromatic rings. The predicted octanol–water partition coefficient (Wildman–Crippen LogP) is 1.91. The molecule has 2 aromatic carbocycles. The van der Waals surface area contributed by atoms with Crippen molar-refractivity contribution < 1.29 is 9.59 Å². The van der Waals surface area contributed by atoms with Gasteiger partial charge in [-0.25, -0.2) is 13.9 Å². The van der Waals surface area contributed by atoms with Crippen LogP contribution < -0.4 is 21.9 Å². The molecule has 10 nitrogen and oxygen atoms in total. The van der Waals surface area contributed by atoms with Gasteiger partial charge in [-0.1, -0.05) is 37.3 Å². The third-order valence-corrected chi connectivity index (χ3v) is 5.96. The van der Waals surface area contributed by atoms with Crippen LogP contribution in [0.25, 0.3) is 16.7 Å². The molecule has 2 heterocycles. The molecule has 1 atom stereocenters. The normalized spacial score (nSPS) is 12.2. The zero-order valence-corrected chi connectivity index (χ0v) is 20.8. The first-order chi connectivity index (χ1) is 17.2. The first-order valence-corrected chi connectivity index (χ1v) is 12.0. The monoisotopic (exact) mass is 490 g/mol. The number of carbonyl (C=O) groups is 2. The summed E-state index contributed by atoms with van der Waals surface area (Å²) < 4.78 is 3.76. The van der Waals surface area contributed by atoms with Crippen LogP contribution in [-0.2, 0) is 17.9 Å². The highest BCUT2D eigenvalue weighted by Gasteiger charge is 2.20. The molecular formula is C26H30N6O4. The van der Waals surface area contributed by atoms with Gasteiger partial charge in [0.05, 0.1) is 17.4 Å². The molecule has 10 heteroatoms. The van der Waals surface area contributed by atoms with E-state index >= 15 is 0 Å². The predicted molar refractivity (Wildman–Crippen MR) is 137 cm³/mol. The van der Waals surface area contributed by atoms with Gasteiger partial charge in [-0.2, -0.15) is 0 Å². The largest absolute Gasteiger partial charge is 0.352 e. The van der Waals surface area contributed by atoms with Crippen molar-refractivity contribution in [1.82, 2.24) is 29.4 Å². The van der Waals surface area contributed by atoms with E-state index in [0.29, 0.717) is 5.56 Å². The highest BCUT2D eigenvalue weighted by molar-refractivity contribution is 5.98. The van der Waals surface area contributed by atoms with Gasteiger partial charge in [-0.15, -0.1) is 5.10 Å². The lowest BCUT2D eigenvalue weighted by molar-refractivity contribution is -0.122. The minimum atomic E-state index is -0.572. The molecular weight excluding hydrogens is 460 g/mol. The van der Waals surface area contributed by atoms with Crippen molar-refractivity contribution in [3.8, 4) is 0 Å². The molecule has 188 valence electrons. The maximum Gasteiger partial charge on any atom is 0.352 e. The fraction of sp³-hybridized carbons (Fsp3) is 0.346. The summed E-state index contributed by atoms with van der Waals surface area (Å²) >= 11 is 0. The van der Waals surface area contributed by atoms with Crippen LogP contribution in [0.5, 0.6) is 0 Å². The standard InChI is InChI=1S/C26H30N6O4/c1-5-17(4)28-22(33)15-31-26(36)32-21-13-19(23(34)27-16(2)3)11-12-20(21)24(35)30(25(32)29-31)14-18-9-7-6-8-10-18/h6-13,16-17H,5,14-15H2,1-4H3,(H,27,34)(H,28,33)/t17-/m1/s1. The van der Waals surface area contributed by atoms with Gasteiger partial charge in [0, 0.05) is 17.6 Å². The summed E-state index contributed by atoms with van der Waals surface area (Å²) in [5.74, 6) is -0.575. The van der Waals surface area contributed by atoms with Crippen molar-refractivity contribution in [2.45, 2.75) is 59.3 Å². The summed E-state index contributed by atoms with van der Waals surface area (Å²) in [6, 6.07) is 13.9. The van der Waals surface area contributed by atoms with Gasteiger partial charge in [0.1, 0.15) is 6.54 Å². The molecule has 0 aliphatic carbocycles. The quantitative estimate of drug-likeness (QED) is 0.391. The van der Waals surface area contributed by atoms with Gasteiger partial charge in [-0.3, -0.25) is 19.0 Å². The summed E-state index contributed by atoms with van der Waals surface area (Å²) in [5, 5.41) is 10.3. The van der Waals surface area contributed by atoms with Crippen LogP contribution in [0.2, 0.25) is 0 Å². The highest BCUT2D eigenvalue weighted by atomic mass is 16.2. The van der Waals surface area contributed by atoms with E-state index in [9.17, 15) is 19.2 Å². The van der Waals surface area contributed by atoms with E-state index in [2.05, 4.69) is 15.7 Å². The topological polar surface area (TPSA) is 120 Å². The minimum absolute atomic E-state index is 0.0515. The smallest absolute Gasteiger partial charge is 0.352 e. The van der Waals surface area contributed by atoms with E-state index in [0.717, 1.165) is 16.7 Å². The lowest BCUT2D eigenvalue weighted by Gasteiger charge is -2.12. The van der Waals surface area contributed by atoms with Crippen LogP contribution >= 0.6 is 0 Å². The number of fused-ring (bicyclic) bond motifs is 3. The maximum atomic E-state index is 13.6. The van der Waals surface area contributed by atoms with Crippen molar-refractivity contribution in [2.75, 3.05) is 0 Å². The lowest BCUT2D eigenvalue weighted by Crippen LogP contribution is -2.37. The number of amides is 2. The molecule has 0 radical (unpaired) electrons. The molecule has 0 bridgehead atoms. The Balaban J connectivity index is 1.93. The van der Waals surface area contributed by atoms with Crippen LogP contribution in [-0.4, -0.2) is 42.6 Å². The van der Waals surface area contributed by atoms with E-state index < -0.39 is 5.69 Å². The molecule has 2 amide bonds. The Morgan fingerprint density at radius 1 is 1.00 bits per heavy atom. The van der Waals surface area contributed by atoms with Gasteiger partial charge in [-0.05, 0) is 51.0 Å². The number of aromatic nitrogens is 4. The lowest BCUT2D eigenvalue weighted by atomic mass is 10.1. The van der Waals surface area contributed by atoms with Gasteiger partial charge < -0.3 is 10.6 Å². The van der Waals surface area contributed by atoms with Crippen molar-refractivity contribution in [3.63, 3.8) is 0 Å². The number of hydrogen-bond acceptors (Lipinski definition) is 5. The first-order valence-electron chi connectivity index (χ1n) is 12.0. The number of hydrogen-bond donors (Lipinski definition) is 2. The fourth-order valence-electron chi connectivity index (χ4n) is 3.97. The molecule has 0 spiro atoms. The molecule has 36 heavy (non-hydrogen) atoms. The molecule has 0 unspecified atom stereocenters. The Kier molecular flexibility index (Phi) is 7.05. The summed E-state index contributed by atoms with van der Waals surface area (Å²) in [6.45, 7) is 7.41. The van der Waals surface area contributed by atoms with E-state index in [4.69, 9.17) is 0 Å². The molecule has 0 aliphatic rings. The Hall–Kier alpha value is -4.21. The SMILES string of the molecule is CC[C@@H](C)NC(=O)Cn1nc2n(Cc3ccccc3)c(=O)c3ccc(C(=O)NC(C)C)cc3n2c1=O. The second kappa shape index (κ2) is 10.2. The third-order valence-electron chi connectivity index (χ3n) is 5.96. The number of carbonyl (C=O) groups excluding carboxylic acids is 2. The molecule has 4 rings (SSSR count). The number of nitrogens with one attached hydrogen (secondary N) is 2. The number of benzene rings is 2. The molecule has 0 saturated heterocycles. The molecule has 0 saturated carbocycles. The van der Waals surface area contributed by atoms with Crippen molar-refractivity contribution in [3.05, 3.63) is 80.5 Å². The van der Waals surface area contributed by atoms with Crippen LogP contribution in [0.15, 0.2) is 58.1 Å². The van der Waals surface area contributed by atoms with Crippen LogP contribution in [0, 0.1) is 0 Å². The van der Waals surface area contributed by atoms with E-state index in [1.54, 1.807) is 12.1 Å². The Bertz CT molecular complexity index is 1550. The zero-order chi connectivity index (χ0) is 26.0. The molecule has 2 aromatic heterocycles. The molecule has 2 N–H and O–H groups in total. The number of rotatable bonds is 8. The zero-order valence-electron chi connectivity index (χ0n) is 20.8. The van der Waals surface area contributed by atoms with Crippen LogP contribution in [0.1, 0.15) is 50.0 Å². The second-order valence-corrected chi connectivity index (χ2v) is 9.19. The average molecular weight is 491 g/mol. The fourth-order valence-corrected chi connectivity index (χ4v) is 3.97. The van der Waals surface area contributed by atoms with Gasteiger partial charge in [0.2, 0.25) is 11.7 Å². The minimum Gasteiger partial charge on any atom is -0.352 e. The first kappa shape index (κ1) is 24.9. The molecule has 0 aliphatic heterocycles. The number of nitrogens with zero attached hydrogens (tertiary/aromatic N) is 4. The summed E-state index contributed by atoms with van der Waals surface area (Å²) in [5.41, 5.74) is 0.502. The maximum absolute atomic E-state index is 13.6. The highest BCUT2D eigenvalue weighted by Crippen LogP contribution is 2.15. The summed E-state index contributed by atoms with van der Waals surface area (Å²) in [6.07, 6.45) is 0.744. The molecule has 0 fully saturated rings. The van der Waals surface area contributed by atoms with E-state index in [1.807, 2.05) is 58.0 Å². The van der Waals surface area contributed by atoms with Crippen LogP contribution in [0.3, 0.4) is 0 Å². The van der Waals surface area contributed by atoms with E-state index in [1.165, 1.54) is 15.0 Å². The van der Waals surface area contributed by atoms with Crippen molar-refractivity contribution in [2.24, 2.45) is 0 Å².